The average Bonchev–Trinajstić information content (AvgIpc) is 3.46. The number of nitrogens with zero attached hydrogens (tertiary/aromatic N) is 3. The van der Waals surface area contributed by atoms with Crippen molar-refractivity contribution in [2.45, 2.75) is 37.1 Å². The Kier molecular flexibility index (Phi) is 10.7. The van der Waals surface area contributed by atoms with Crippen LogP contribution >= 0.6 is 11.3 Å². The van der Waals surface area contributed by atoms with E-state index in [1.54, 1.807) is 12.1 Å². The lowest BCUT2D eigenvalue weighted by atomic mass is 9.98. The maximum Gasteiger partial charge on any atom is 0.267 e. The molecule has 4 N–H and O–H groups in total. The van der Waals surface area contributed by atoms with Crippen LogP contribution in [-0.4, -0.2) is 54.8 Å². The third-order valence-electron chi connectivity index (χ3n) is 6.43. The third kappa shape index (κ3) is 7.84. The molecule has 0 unspecified atom stereocenters. The molecule has 15 heteroatoms. The summed E-state index contributed by atoms with van der Waals surface area (Å²) in [7, 11) is -3.37. The minimum atomic E-state index is -4.83. The number of aromatic nitrogens is 3. The van der Waals surface area contributed by atoms with Crippen LogP contribution in [0.4, 0.5) is 24.8 Å². The lowest BCUT2D eigenvalue weighted by Gasteiger charge is -2.18. The number of nitrogens with one attached hydrogen (secondary N) is 3. The van der Waals surface area contributed by atoms with Crippen LogP contribution in [0.25, 0.3) is 21.8 Å². The second kappa shape index (κ2) is 14.3. The summed E-state index contributed by atoms with van der Waals surface area (Å²) in [6.07, 6.45) is 4.63. The Morgan fingerprint density at radius 2 is 1.80 bits per heavy atom. The van der Waals surface area contributed by atoms with Crippen molar-refractivity contribution in [1.29, 1.82) is 0 Å². The number of rotatable bonds is 13. The zero-order valence-corrected chi connectivity index (χ0v) is 27.1. The molecule has 2 aromatic heterocycles. The molecule has 0 saturated heterocycles. The van der Waals surface area contributed by atoms with Gasteiger partial charge in [0.1, 0.15) is 11.6 Å². The van der Waals surface area contributed by atoms with E-state index >= 15 is 4.39 Å². The van der Waals surface area contributed by atoms with Gasteiger partial charge in [-0.1, -0.05) is 39.0 Å². The van der Waals surface area contributed by atoms with Crippen molar-refractivity contribution in [1.82, 2.24) is 20.3 Å². The van der Waals surface area contributed by atoms with Crippen molar-refractivity contribution in [3.63, 3.8) is 0 Å². The predicted octanol–water partition coefficient (Wildman–Crippen LogP) is 5.82. The highest BCUT2D eigenvalue weighted by Gasteiger charge is 2.28. The van der Waals surface area contributed by atoms with Gasteiger partial charge in [-0.05, 0) is 30.3 Å². The number of sulfonamides is 1. The smallest absolute Gasteiger partial charge is 0.267 e. The van der Waals surface area contributed by atoms with Crippen LogP contribution in [0.15, 0.2) is 78.2 Å². The molecule has 2 heterocycles. The summed E-state index contributed by atoms with van der Waals surface area (Å²) >= 11 is 1.29. The molecule has 46 heavy (non-hydrogen) atoms. The molecule has 0 aliphatic carbocycles. The summed E-state index contributed by atoms with van der Waals surface area (Å²) in [4.78, 5) is 12.9. The first-order chi connectivity index (χ1) is 21.8. The molecule has 2 aromatic carbocycles. The van der Waals surface area contributed by atoms with Crippen LogP contribution in [0.1, 0.15) is 25.8 Å². The van der Waals surface area contributed by atoms with E-state index < -0.39 is 43.5 Å². The van der Waals surface area contributed by atoms with Gasteiger partial charge < -0.3 is 20.5 Å². The number of ether oxygens (including phenoxy) is 1. The average molecular weight is 675 g/mol. The predicted molar refractivity (Wildman–Crippen MR) is 172 cm³/mol. The first kappa shape index (κ1) is 34.4. The van der Waals surface area contributed by atoms with E-state index in [9.17, 15) is 17.2 Å². The number of aliphatic hydroxyl groups excluding tert-OH is 1. The van der Waals surface area contributed by atoms with Crippen molar-refractivity contribution in [2.75, 3.05) is 30.3 Å². The van der Waals surface area contributed by atoms with Gasteiger partial charge in [-0.3, -0.25) is 4.72 Å². The Morgan fingerprint density at radius 1 is 1.11 bits per heavy atom. The molecule has 4 aromatic rings. The standard InChI is InChI=1S/C31H33F3N6O4S2/c1-6-18(37-24(44-5)14-16-41)17-36-30-35-15-13-23(38-30)27-26(39-29(45-27)31(2,3)4)19-9-7-12-22(25(19)34)40-46(42,43)28-20(32)10-8-11-21(28)33/h6-15,18,37,40-41H,1,16-17H2,2-5H3,(H,35,36,38)/b24-14-/t18-/m0/s1. The van der Waals surface area contributed by atoms with Gasteiger partial charge in [0.25, 0.3) is 10.0 Å². The molecule has 0 saturated carbocycles. The maximum atomic E-state index is 16.1. The Hall–Kier alpha value is -4.47. The zero-order valence-electron chi connectivity index (χ0n) is 25.4. The Bertz CT molecular complexity index is 1840. The molecule has 4 rings (SSSR count). The monoisotopic (exact) mass is 674 g/mol. The van der Waals surface area contributed by atoms with Gasteiger partial charge in [0, 0.05) is 29.8 Å². The number of methoxy groups -OCH3 is 1. The fourth-order valence-electron chi connectivity index (χ4n) is 4.16. The van der Waals surface area contributed by atoms with E-state index in [2.05, 4.69) is 27.2 Å². The van der Waals surface area contributed by atoms with Crippen LogP contribution in [0.5, 0.6) is 0 Å². The molecule has 0 fully saturated rings. The van der Waals surface area contributed by atoms with E-state index in [0.29, 0.717) is 28.0 Å². The fourth-order valence-corrected chi connectivity index (χ4v) is 6.46. The van der Waals surface area contributed by atoms with Gasteiger partial charge in [-0.25, -0.2) is 36.5 Å². The Labute approximate surface area is 269 Å². The van der Waals surface area contributed by atoms with Crippen LogP contribution in [-0.2, 0) is 20.2 Å². The normalized spacial score (nSPS) is 12.8. The van der Waals surface area contributed by atoms with Gasteiger partial charge in [0.05, 0.1) is 46.7 Å². The number of hydrogen-bond donors (Lipinski definition) is 4. The molecule has 1 atom stereocenters. The number of thiazole rings is 1. The molecule has 0 bridgehead atoms. The first-order valence-corrected chi connectivity index (χ1v) is 16.2. The minimum absolute atomic E-state index is 0.0530. The lowest BCUT2D eigenvalue weighted by molar-refractivity contribution is 0.246. The molecule has 0 spiro atoms. The van der Waals surface area contributed by atoms with E-state index in [1.807, 2.05) is 25.5 Å². The summed E-state index contributed by atoms with van der Waals surface area (Å²) in [6.45, 7) is 9.71. The van der Waals surface area contributed by atoms with Crippen LogP contribution in [0.2, 0.25) is 0 Å². The number of anilines is 2. The van der Waals surface area contributed by atoms with Gasteiger partial charge in [-0.15, -0.1) is 17.9 Å². The molecule has 0 aliphatic heterocycles. The van der Waals surface area contributed by atoms with Gasteiger partial charge >= 0.3 is 0 Å². The number of benzene rings is 2. The molecular formula is C31H33F3N6O4S2. The summed E-state index contributed by atoms with van der Waals surface area (Å²) < 4.78 is 77.7. The second-order valence-corrected chi connectivity index (χ2v) is 13.5. The molecular weight excluding hydrogens is 642 g/mol. The van der Waals surface area contributed by atoms with Gasteiger partial charge in [0.15, 0.2) is 16.6 Å². The molecule has 244 valence electrons. The molecule has 10 nitrogen and oxygen atoms in total. The van der Waals surface area contributed by atoms with E-state index in [4.69, 9.17) is 14.8 Å². The van der Waals surface area contributed by atoms with Crippen LogP contribution in [0.3, 0.4) is 0 Å². The van der Waals surface area contributed by atoms with Gasteiger partial charge in [0.2, 0.25) is 5.95 Å². The molecule has 0 radical (unpaired) electrons. The Morgan fingerprint density at radius 3 is 2.43 bits per heavy atom. The van der Waals surface area contributed by atoms with Crippen molar-refractivity contribution >= 4 is 33.0 Å². The van der Waals surface area contributed by atoms with E-state index in [0.717, 1.165) is 24.3 Å². The molecule has 0 amide bonds. The number of aliphatic hydroxyl groups is 1. The third-order valence-corrected chi connectivity index (χ3v) is 9.35. The highest BCUT2D eigenvalue weighted by molar-refractivity contribution is 7.92. The number of halogens is 3. The van der Waals surface area contributed by atoms with E-state index in [-0.39, 0.29) is 29.9 Å². The fraction of sp³-hybridized carbons (Fsp3) is 0.258. The highest BCUT2D eigenvalue weighted by Crippen LogP contribution is 2.42. The maximum absolute atomic E-state index is 16.1. The molecule has 0 aliphatic rings. The lowest BCUT2D eigenvalue weighted by Crippen LogP contribution is -2.34. The number of hydrogen-bond acceptors (Lipinski definition) is 10. The first-order valence-electron chi connectivity index (χ1n) is 13.9. The summed E-state index contributed by atoms with van der Waals surface area (Å²) in [5, 5.41) is 16.0. The van der Waals surface area contributed by atoms with Crippen molar-refractivity contribution in [3.05, 3.63) is 95.7 Å². The summed E-state index contributed by atoms with van der Waals surface area (Å²) in [5.74, 6) is -3.01. The van der Waals surface area contributed by atoms with Crippen LogP contribution in [0, 0.1) is 17.5 Å². The van der Waals surface area contributed by atoms with Crippen molar-refractivity contribution in [3.8, 4) is 21.8 Å². The quantitative estimate of drug-likeness (QED) is 0.102. The summed E-state index contributed by atoms with van der Waals surface area (Å²) in [6, 6.07) is 7.91. The largest absolute Gasteiger partial charge is 0.483 e. The van der Waals surface area contributed by atoms with Gasteiger partial charge in [-0.2, -0.15) is 0 Å². The second-order valence-electron chi connectivity index (χ2n) is 10.9. The summed E-state index contributed by atoms with van der Waals surface area (Å²) in [5.41, 5.74) is -0.397. The van der Waals surface area contributed by atoms with Crippen molar-refractivity contribution in [2.24, 2.45) is 0 Å². The minimum Gasteiger partial charge on any atom is -0.483 e. The highest BCUT2D eigenvalue weighted by atomic mass is 32.2. The topological polar surface area (TPSA) is 138 Å². The Balaban J connectivity index is 1.71. The van der Waals surface area contributed by atoms with Crippen LogP contribution < -0.4 is 15.4 Å². The van der Waals surface area contributed by atoms with Crippen molar-refractivity contribution < 1.29 is 31.4 Å². The zero-order chi connectivity index (χ0) is 33.6. The van der Waals surface area contributed by atoms with E-state index in [1.165, 1.54) is 42.9 Å². The SMILES string of the molecule is C=C[C@@H](CNc1nccc(-c2sc(C(C)(C)C)nc2-c2cccc(NS(=O)(=O)c3c(F)cccc3F)c2F)n1)N/C(=C/CO)OC.